The van der Waals surface area contributed by atoms with Crippen LogP contribution in [0.5, 0.6) is 5.75 Å². The number of anilines is 1. The first kappa shape index (κ1) is 18.8. The van der Waals surface area contributed by atoms with Crippen LogP contribution in [0.2, 0.25) is 0 Å². The summed E-state index contributed by atoms with van der Waals surface area (Å²) in [5.74, 6) is 0.227. The Bertz CT molecular complexity index is 674. The summed E-state index contributed by atoms with van der Waals surface area (Å²) in [5, 5.41) is 5.38. The second-order valence-electron chi connectivity index (χ2n) is 6.87. The number of carbonyl (C=O) groups is 3. The van der Waals surface area contributed by atoms with E-state index < -0.39 is 17.5 Å². The maximum Gasteiger partial charge on any atom is 0.325 e. The van der Waals surface area contributed by atoms with E-state index in [1.807, 2.05) is 0 Å². The molecule has 1 heterocycles. The zero-order chi connectivity index (χ0) is 18.6. The van der Waals surface area contributed by atoms with Crippen molar-refractivity contribution in [2.45, 2.75) is 39.2 Å². The van der Waals surface area contributed by atoms with Crippen molar-refractivity contribution < 1.29 is 19.1 Å². The van der Waals surface area contributed by atoms with Crippen LogP contribution >= 0.6 is 0 Å². The minimum Gasteiger partial charge on any atom is -0.497 e. The molecule has 0 spiro atoms. The summed E-state index contributed by atoms with van der Waals surface area (Å²) in [5.41, 5.74) is -0.406. The van der Waals surface area contributed by atoms with Crippen LogP contribution in [0.3, 0.4) is 0 Å². The molecule has 0 aromatic heterocycles. The van der Waals surface area contributed by atoms with Crippen molar-refractivity contribution in [1.29, 1.82) is 0 Å². The molecule has 7 heteroatoms. The normalized spacial score (nSPS) is 20.0. The van der Waals surface area contributed by atoms with Crippen molar-refractivity contribution in [3.05, 3.63) is 24.3 Å². The van der Waals surface area contributed by atoms with Gasteiger partial charge in [0.1, 0.15) is 17.8 Å². The van der Waals surface area contributed by atoms with Crippen LogP contribution in [0, 0.1) is 5.92 Å². The second-order valence-corrected chi connectivity index (χ2v) is 6.87. The molecule has 1 aromatic carbocycles. The molecule has 1 aromatic rings. The van der Waals surface area contributed by atoms with E-state index in [1.54, 1.807) is 31.2 Å². The fourth-order valence-corrected chi connectivity index (χ4v) is 2.68. The molecule has 1 fully saturated rings. The smallest absolute Gasteiger partial charge is 0.325 e. The van der Waals surface area contributed by atoms with Crippen molar-refractivity contribution in [2.75, 3.05) is 19.0 Å². The quantitative estimate of drug-likeness (QED) is 0.741. The number of imide groups is 1. The first-order valence-electron chi connectivity index (χ1n) is 8.33. The number of carbonyl (C=O) groups excluding carboxylic acids is 3. The van der Waals surface area contributed by atoms with Gasteiger partial charge in [0.15, 0.2) is 0 Å². The molecule has 0 radical (unpaired) electrons. The van der Waals surface area contributed by atoms with Gasteiger partial charge in [-0.25, -0.2) is 4.79 Å². The SMILES string of the molecule is COc1cccc(NC(=O)CN2C(=O)N[C@](C)(CCC(C)C)C2=O)c1. The summed E-state index contributed by atoms with van der Waals surface area (Å²) in [6.45, 7) is 5.50. The summed E-state index contributed by atoms with van der Waals surface area (Å²) in [4.78, 5) is 37.9. The predicted octanol–water partition coefficient (Wildman–Crippen LogP) is 2.38. The first-order valence-corrected chi connectivity index (χ1v) is 8.33. The van der Waals surface area contributed by atoms with Gasteiger partial charge >= 0.3 is 6.03 Å². The van der Waals surface area contributed by atoms with E-state index in [2.05, 4.69) is 24.5 Å². The number of methoxy groups -OCH3 is 1. The van der Waals surface area contributed by atoms with Crippen molar-refractivity contribution in [1.82, 2.24) is 10.2 Å². The number of urea groups is 1. The van der Waals surface area contributed by atoms with E-state index >= 15 is 0 Å². The van der Waals surface area contributed by atoms with Gasteiger partial charge in [0.25, 0.3) is 5.91 Å². The van der Waals surface area contributed by atoms with Crippen LogP contribution in [-0.2, 0) is 9.59 Å². The fourth-order valence-electron chi connectivity index (χ4n) is 2.68. The van der Waals surface area contributed by atoms with Crippen LogP contribution in [0.1, 0.15) is 33.6 Å². The van der Waals surface area contributed by atoms with Crippen LogP contribution < -0.4 is 15.4 Å². The van der Waals surface area contributed by atoms with Gasteiger partial charge in [-0.1, -0.05) is 19.9 Å². The Balaban J connectivity index is 2.00. The average Bonchev–Trinajstić information content (AvgIpc) is 2.77. The van der Waals surface area contributed by atoms with Crippen LogP contribution in [0.4, 0.5) is 10.5 Å². The van der Waals surface area contributed by atoms with Gasteiger partial charge in [-0.15, -0.1) is 0 Å². The highest BCUT2D eigenvalue weighted by Crippen LogP contribution is 2.25. The lowest BCUT2D eigenvalue weighted by molar-refractivity contribution is -0.133. The second kappa shape index (κ2) is 7.55. The molecule has 2 rings (SSSR count). The number of nitrogens with zero attached hydrogens (tertiary/aromatic N) is 1. The van der Waals surface area contributed by atoms with E-state index in [0.717, 1.165) is 11.3 Å². The molecular weight excluding hydrogens is 322 g/mol. The van der Waals surface area contributed by atoms with Crippen LogP contribution in [0.25, 0.3) is 0 Å². The third-order valence-corrected chi connectivity index (χ3v) is 4.22. The monoisotopic (exact) mass is 347 g/mol. The largest absolute Gasteiger partial charge is 0.497 e. The molecule has 1 saturated heterocycles. The number of nitrogens with one attached hydrogen (secondary N) is 2. The Hall–Kier alpha value is -2.57. The van der Waals surface area contributed by atoms with E-state index in [-0.39, 0.29) is 12.5 Å². The lowest BCUT2D eigenvalue weighted by Gasteiger charge is -2.22. The summed E-state index contributed by atoms with van der Waals surface area (Å²) in [6, 6.07) is 6.34. The summed E-state index contributed by atoms with van der Waals surface area (Å²) >= 11 is 0. The highest BCUT2D eigenvalue weighted by Gasteiger charge is 2.47. The van der Waals surface area contributed by atoms with Gasteiger partial charge in [-0.05, 0) is 37.8 Å². The number of ether oxygens (including phenoxy) is 1. The summed E-state index contributed by atoms with van der Waals surface area (Å²) in [7, 11) is 1.53. The molecule has 7 nitrogen and oxygen atoms in total. The third-order valence-electron chi connectivity index (χ3n) is 4.22. The third kappa shape index (κ3) is 4.49. The van der Waals surface area contributed by atoms with Gasteiger partial charge in [0.05, 0.1) is 7.11 Å². The maximum atomic E-state index is 12.6. The van der Waals surface area contributed by atoms with E-state index in [0.29, 0.717) is 23.8 Å². The minimum atomic E-state index is -0.947. The Morgan fingerprint density at radius 1 is 1.36 bits per heavy atom. The lowest BCUT2D eigenvalue weighted by Crippen LogP contribution is -2.44. The Morgan fingerprint density at radius 3 is 2.72 bits per heavy atom. The van der Waals surface area contributed by atoms with E-state index in [1.165, 1.54) is 7.11 Å². The Labute approximate surface area is 147 Å². The van der Waals surface area contributed by atoms with Gasteiger partial charge < -0.3 is 15.4 Å². The molecule has 2 N–H and O–H groups in total. The molecule has 0 saturated carbocycles. The van der Waals surface area contributed by atoms with Crippen LogP contribution in [-0.4, -0.2) is 41.9 Å². The number of amides is 4. The number of benzene rings is 1. The van der Waals surface area contributed by atoms with Crippen molar-refractivity contribution in [3.8, 4) is 5.75 Å². The number of hydrogen-bond donors (Lipinski definition) is 2. The Kier molecular flexibility index (Phi) is 5.66. The van der Waals surface area contributed by atoms with Crippen molar-refractivity contribution >= 4 is 23.5 Å². The van der Waals surface area contributed by atoms with Gasteiger partial charge in [0.2, 0.25) is 5.91 Å². The Morgan fingerprint density at radius 2 is 2.08 bits per heavy atom. The van der Waals surface area contributed by atoms with Crippen LogP contribution in [0.15, 0.2) is 24.3 Å². The van der Waals surface area contributed by atoms with E-state index in [9.17, 15) is 14.4 Å². The van der Waals surface area contributed by atoms with E-state index in [4.69, 9.17) is 4.74 Å². The number of rotatable bonds is 7. The molecule has 25 heavy (non-hydrogen) atoms. The lowest BCUT2D eigenvalue weighted by atomic mass is 9.92. The summed E-state index contributed by atoms with van der Waals surface area (Å²) < 4.78 is 5.10. The zero-order valence-corrected chi connectivity index (χ0v) is 15.1. The molecule has 1 aliphatic heterocycles. The molecule has 4 amide bonds. The first-order chi connectivity index (χ1) is 11.7. The molecule has 136 valence electrons. The van der Waals surface area contributed by atoms with Gasteiger partial charge in [-0.3, -0.25) is 14.5 Å². The molecule has 1 atom stereocenters. The molecule has 1 aliphatic rings. The standard InChI is InChI=1S/C18H25N3O4/c1-12(2)8-9-18(3)16(23)21(17(24)20-18)11-15(22)19-13-6-5-7-14(10-13)25-4/h5-7,10,12H,8-9,11H2,1-4H3,(H,19,22)(H,20,24)/t18-/m1/s1. The van der Waals surface area contributed by atoms with Gasteiger partial charge in [-0.2, -0.15) is 0 Å². The average molecular weight is 347 g/mol. The predicted molar refractivity (Wildman–Crippen MR) is 94.3 cm³/mol. The van der Waals surface area contributed by atoms with Gasteiger partial charge in [0, 0.05) is 11.8 Å². The maximum absolute atomic E-state index is 12.6. The fraction of sp³-hybridized carbons (Fsp3) is 0.500. The molecule has 0 unspecified atom stereocenters. The highest BCUT2D eigenvalue weighted by molar-refractivity contribution is 6.09. The molecular formula is C18H25N3O4. The summed E-state index contributed by atoms with van der Waals surface area (Å²) in [6.07, 6.45) is 1.36. The molecule has 0 bridgehead atoms. The van der Waals surface area contributed by atoms with Crippen molar-refractivity contribution in [2.24, 2.45) is 5.92 Å². The van der Waals surface area contributed by atoms with Crippen molar-refractivity contribution in [3.63, 3.8) is 0 Å². The number of hydrogen-bond acceptors (Lipinski definition) is 4. The zero-order valence-electron chi connectivity index (χ0n) is 15.1. The topological polar surface area (TPSA) is 87.7 Å². The molecule has 0 aliphatic carbocycles. The minimum absolute atomic E-state index is 0.320. The highest BCUT2D eigenvalue weighted by atomic mass is 16.5.